The Morgan fingerprint density at radius 1 is 1.02 bits per heavy atom. The molecule has 3 aromatic rings. The van der Waals surface area contributed by atoms with Crippen molar-refractivity contribution in [2.24, 2.45) is 0 Å². The first kappa shape index (κ1) is 31.7. The summed E-state index contributed by atoms with van der Waals surface area (Å²) in [5.41, 5.74) is 5.55. The van der Waals surface area contributed by atoms with Gasteiger partial charge in [-0.05, 0) is 80.9 Å². The molecule has 1 aliphatic rings. The van der Waals surface area contributed by atoms with E-state index in [0.717, 1.165) is 61.8 Å². The molecule has 0 aliphatic heterocycles. The molecule has 1 amide bonds. The molecule has 1 aromatic carbocycles. The number of nitrogens with one attached hydrogen (secondary N) is 1. The number of hydrogen-bond donors (Lipinski definition) is 2. The van der Waals surface area contributed by atoms with Crippen LogP contribution in [0.15, 0.2) is 58.3 Å². The van der Waals surface area contributed by atoms with Crippen molar-refractivity contribution < 1.29 is 9.90 Å². The largest absolute Gasteiger partial charge is 0.392 e. The van der Waals surface area contributed by atoms with E-state index in [2.05, 4.69) is 30.2 Å². The van der Waals surface area contributed by atoms with E-state index in [4.69, 9.17) is 5.11 Å². The number of benzene rings is 1. The second-order valence-electron chi connectivity index (χ2n) is 10.6. The molecule has 2 N–H and O–H groups in total. The maximum absolute atomic E-state index is 12.3. The van der Waals surface area contributed by atoms with Gasteiger partial charge in [0.1, 0.15) is 5.69 Å². The molecule has 0 unspecified atom stereocenters. The summed E-state index contributed by atoms with van der Waals surface area (Å²) >= 11 is 0. The lowest BCUT2D eigenvalue weighted by Gasteiger charge is -2.14. The Labute approximate surface area is 242 Å². The van der Waals surface area contributed by atoms with Crippen molar-refractivity contribution in [1.29, 1.82) is 0 Å². The zero-order chi connectivity index (χ0) is 29.9. The van der Waals surface area contributed by atoms with Gasteiger partial charge in [0.2, 0.25) is 0 Å². The van der Waals surface area contributed by atoms with Crippen LogP contribution in [0.2, 0.25) is 0 Å². The molecular weight excluding hydrogens is 516 g/mol. The molecule has 0 saturated heterocycles. The summed E-state index contributed by atoms with van der Waals surface area (Å²) in [5, 5.41) is 11.9. The minimum atomic E-state index is -0.238. The lowest BCUT2D eigenvalue weighted by molar-refractivity contribution is 0.102. The molecule has 1 fully saturated rings. The zero-order valence-electron chi connectivity index (χ0n) is 25.1. The summed E-state index contributed by atoms with van der Waals surface area (Å²) in [6, 6.07) is 11.0. The van der Waals surface area contributed by atoms with Crippen LogP contribution < -0.4 is 16.6 Å². The van der Waals surface area contributed by atoms with Crippen LogP contribution in [-0.2, 0) is 13.2 Å². The van der Waals surface area contributed by atoms with Gasteiger partial charge in [-0.25, -0.2) is 4.79 Å². The normalized spacial score (nSPS) is 13.0. The van der Waals surface area contributed by atoms with E-state index in [0.29, 0.717) is 23.5 Å². The number of amides is 1. The van der Waals surface area contributed by atoms with E-state index in [1.807, 2.05) is 26.8 Å². The number of carbonyl (C=O) groups is 1. The van der Waals surface area contributed by atoms with Crippen LogP contribution in [0.5, 0.6) is 0 Å². The average molecular weight is 561 g/mol. The number of aromatic nitrogens is 3. The third kappa shape index (κ3) is 8.36. The van der Waals surface area contributed by atoms with E-state index >= 15 is 0 Å². The first-order chi connectivity index (χ1) is 19.7. The highest BCUT2D eigenvalue weighted by Gasteiger charge is 2.28. The standard InChI is InChI=1S/C21H26N2O2.C12H18N2O2/c1-3-5-7-17(6-4-2)18-10-13-20(22-14-18)21(25)23-19-11-8-16(15-24)9-12-19;1-4-7-13-9(3)8(2)11(15)14(12(13)16)10-5-6-10/h7-14,24H,3-6,15H2,1-2H3,(H,23,25);10H,4-7H2,1-3H3/b17-7-;. The molecule has 41 heavy (non-hydrogen) atoms. The SMILES string of the molecule is CCC/C=C(/CCC)c1ccc(C(=O)Nc2ccc(CO)cc2)nc1.CCCn1c(C)c(C)c(=O)n(C2CC2)c1=O. The van der Waals surface area contributed by atoms with Gasteiger partial charge in [-0.1, -0.05) is 57.9 Å². The molecule has 8 heteroatoms. The van der Waals surface area contributed by atoms with E-state index in [9.17, 15) is 14.4 Å². The Bertz CT molecular complexity index is 1450. The molecular formula is C33H44N4O4. The van der Waals surface area contributed by atoms with Crippen LogP contribution in [0, 0.1) is 13.8 Å². The number of pyridine rings is 1. The van der Waals surface area contributed by atoms with Gasteiger partial charge in [0.25, 0.3) is 11.5 Å². The van der Waals surface area contributed by atoms with Gasteiger partial charge in [0.15, 0.2) is 0 Å². The molecule has 220 valence electrons. The first-order valence-corrected chi connectivity index (χ1v) is 14.7. The van der Waals surface area contributed by atoms with Crippen molar-refractivity contribution in [3.8, 4) is 0 Å². The van der Waals surface area contributed by atoms with Crippen LogP contribution in [0.25, 0.3) is 5.57 Å². The Balaban J connectivity index is 0.000000248. The number of unbranched alkanes of at least 4 members (excludes halogenated alkanes) is 1. The fourth-order valence-corrected chi connectivity index (χ4v) is 4.60. The van der Waals surface area contributed by atoms with E-state index in [1.54, 1.807) is 41.1 Å². The topological polar surface area (TPSA) is 106 Å². The number of carbonyl (C=O) groups excluding carboxylic acids is 1. The second-order valence-corrected chi connectivity index (χ2v) is 10.6. The summed E-state index contributed by atoms with van der Waals surface area (Å²) in [6.07, 6.45) is 11.2. The van der Waals surface area contributed by atoms with Crippen LogP contribution in [-0.4, -0.2) is 25.1 Å². The molecule has 0 bridgehead atoms. The smallest absolute Gasteiger partial charge is 0.331 e. The summed E-state index contributed by atoms with van der Waals surface area (Å²) in [7, 11) is 0. The molecule has 8 nitrogen and oxygen atoms in total. The van der Waals surface area contributed by atoms with Crippen molar-refractivity contribution in [2.75, 3.05) is 5.32 Å². The summed E-state index contributed by atoms with van der Waals surface area (Å²) < 4.78 is 3.17. The highest BCUT2D eigenvalue weighted by molar-refractivity contribution is 6.02. The van der Waals surface area contributed by atoms with E-state index < -0.39 is 0 Å². The zero-order valence-corrected chi connectivity index (χ0v) is 25.1. The monoisotopic (exact) mass is 560 g/mol. The Morgan fingerprint density at radius 2 is 1.73 bits per heavy atom. The highest BCUT2D eigenvalue weighted by Crippen LogP contribution is 2.32. The Morgan fingerprint density at radius 3 is 2.27 bits per heavy atom. The first-order valence-electron chi connectivity index (χ1n) is 14.7. The van der Waals surface area contributed by atoms with Crippen LogP contribution in [0.1, 0.15) is 105 Å². The maximum Gasteiger partial charge on any atom is 0.331 e. The lowest BCUT2D eigenvalue weighted by atomic mass is 10.0. The minimum absolute atomic E-state index is 0.0110. The Hall–Kier alpha value is -3.78. The highest BCUT2D eigenvalue weighted by atomic mass is 16.3. The van der Waals surface area contributed by atoms with Gasteiger partial charge in [-0.15, -0.1) is 0 Å². The fourth-order valence-electron chi connectivity index (χ4n) is 4.60. The van der Waals surface area contributed by atoms with Crippen molar-refractivity contribution in [3.63, 3.8) is 0 Å². The summed E-state index contributed by atoms with van der Waals surface area (Å²) in [5.74, 6) is -0.238. The number of nitrogens with zero attached hydrogens (tertiary/aromatic N) is 3. The number of allylic oxidation sites excluding steroid dienone is 2. The molecule has 2 aromatic heterocycles. The molecule has 4 rings (SSSR count). The molecule has 2 heterocycles. The average Bonchev–Trinajstić information content (AvgIpc) is 3.82. The van der Waals surface area contributed by atoms with E-state index in [-0.39, 0.29) is 29.8 Å². The number of rotatable bonds is 11. The molecule has 0 spiro atoms. The van der Waals surface area contributed by atoms with Gasteiger partial charge in [0.05, 0.1) is 6.61 Å². The summed E-state index contributed by atoms with van der Waals surface area (Å²) in [6.45, 7) is 10.7. The quantitative estimate of drug-likeness (QED) is 0.291. The number of aliphatic hydroxyl groups is 1. The lowest BCUT2D eigenvalue weighted by Crippen LogP contribution is -2.42. The van der Waals surface area contributed by atoms with Crippen molar-refractivity contribution in [3.05, 3.63) is 97.6 Å². The van der Waals surface area contributed by atoms with Gasteiger partial charge in [0, 0.05) is 35.7 Å². The van der Waals surface area contributed by atoms with Gasteiger partial charge < -0.3 is 10.4 Å². The minimum Gasteiger partial charge on any atom is -0.392 e. The number of hydrogen-bond acceptors (Lipinski definition) is 5. The maximum atomic E-state index is 12.3. The van der Waals surface area contributed by atoms with Gasteiger partial charge >= 0.3 is 5.69 Å². The van der Waals surface area contributed by atoms with Crippen LogP contribution in [0.3, 0.4) is 0 Å². The fraction of sp³-hybridized carbons (Fsp3) is 0.455. The third-order valence-corrected chi connectivity index (χ3v) is 7.24. The second kappa shape index (κ2) is 15.3. The van der Waals surface area contributed by atoms with Crippen molar-refractivity contribution in [2.45, 2.75) is 98.8 Å². The van der Waals surface area contributed by atoms with Crippen LogP contribution in [0.4, 0.5) is 5.69 Å². The predicted octanol–water partition coefficient (Wildman–Crippen LogP) is 6.18. The Kier molecular flexibility index (Phi) is 11.8. The predicted molar refractivity (Wildman–Crippen MR) is 165 cm³/mol. The van der Waals surface area contributed by atoms with E-state index in [1.165, 1.54) is 10.1 Å². The van der Waals surface area contributed by atoms with Crippen molar-refractivity contribution >= 4 is 17.2 Å². The molecule has 1 aliphatic carbocycles. The molecule has 1 saturated carbocycles. The number of aliphatic hydroxyl groups excluding tert-OH is 1. The van der Waals surface area contributed by atoms with Crippen molar-refractivity contribution in [1.82, 2.24) is 14.1 Å². The van der Waals surface area contributed by atoms with Gasteiger partial charge in [-0.3, -0.25) is 23.7 Å². The third-order valence-electron chi connectivity index (χ3n) is 7.24. The van der Waals surface area contributed by atoms with Crippen LogP contribution >= 0.6 is 0 Å². The molecule has 0 atom stereocenters. The summed E-state index contributed by atoms with van der Waals surface area (Å²) in [4.78, 5) is 40.8. The number of anilines is 1. The molecule has 0 radical (unpaired) electrons. The van der Waals surface area contributed by atoms with Gasteiger partial charge in [-0.2, -0.15) is 0 Å².